The van der Waals surface area contributed by atoms with E-state index >= 15 is 0 Å². The summed E-state index contributed by atoms with van der Waals surface area (Å²) in [6, 6.07) is 0. The van der Waals surface area contributed by atoms with Crippen LogP contribution in [0.2, 0.25) is 0 Å². The molecule has 3 nitrogen and oxygen atoms in total. The van der Waals surface area contributed by atoms with Crippen LogP contribution in [0.3, 0.4) is 0 Å². The van der Waals surface area contributed by atoms with Crippen molar-refractivity contribution >= 4 is 11.8 Å². The lowest BCUT2D eigenvalue weighted by atomic mass is 9.83. The number of hydrogen-bond donors (Lipinski definition) is 0. The molecule has 1 aliphatic heterocycles. The van der Waals surface area contributed by atoms with Crippen LogP contribution in [0.1, 0.15) is 26.2 Å². The molecule has 0 spiro atoms. The van der Waals surface area contributed by atoms with Gasteiger partial charge in [0.05, 0.1) is 0 Å². The number of imide groups is 1. The van der Waals surface area contributed by atoms with Crippen LogP contribution in [0.25, 0.3) is 0 Å². The molecule has 1 aliphatic carbocycles. The molecule has 0 radical (unpaired) electrons. The maximum atomic E-state index is 11.6. The second-order valence-corrected chi connectivity index (χ2v) is 4.20. The molecule has 1 saturated carbocycles. The molecule has 2 amide bonds. The Balaban J connectivity index is 2.38. The molecule has 2 bridgehead atoms. The predicted octanol–water partition coefficient (Wildman–Crippen LogP) is 0.791. The first-order valence-corrected chi connectivity index (χ1v) is 4.36. The zero-order valence-electron chi connectivity index (χ0n) is 7.46. The van der Waals surface area contributed by atoms with E-state index in [1.807, 2.05) is 6.92 Å². The first-order valence-electron chi connectivity index (χ1n) is 4.36. The van der Waals surface area contributed by atoms with E-state index < -0.39 is 0 Å². The number of nitrogens with zero attached hydrogens (tertiary/aromatic N) is 1. The lowest BCUT2D eigenvalue weighted by Gasteiger charge is -2.33. The van der Waals surface area contributed by atoms with Gasteiger partial charge in [0, 0.05) is 18.4 Å². The third-order valence-electron chi connectivity index (χ3n) is 3.24. The first-order chi connectivity index (χ1) is 5.54. The Morgan fingerprint density at radius 3 is 2.83 bits per heavy atom. The molecule has 0 N–H and O–H groups in total. The van der Waals surface area contributed by atoms with Crippen LogP contribution in [0.4, 0.5) is 0 Å². The minimum atomic E-state index is -0.229. The van der Waals surface area contributed by atoms with Gasteiger partial charge in [0.2, 0.25) is 11.8 Å². The van der Waals surface area contributed by atoms with E-state index in [-0.39, 0.29) is 23.1 Å². The molecule has 2 rings (SSSR count). The van der Waals surface area contributed by atoms with Gasteiger partial charge in [-0.25, -0.2) is 0 Å². The van der Waals surface area contributed by atoms with Crippen molar-refractivity contribution in [2.24, 2.45) is 11.3 Å². The fraction of sp³-hybridized carbons (Fsp3) is 0.778. The summed E-state index contributed by atoms with van der Waals surface area (Å²) in [6.45, 7) is 1.97. The Kier molecular flexibility index (Phi) is 1.35. The monoisotopic (exact) mass is 167 g/mol. The summed E-state index contributed by atoms with van der Waals surface area (Å²) < 4.78 is 0. The van der Waals surface area contributed by atoms with Gasteiger partial charge < -0.3 is 0 Å². The van der Waals surface area contributed by atoms with E-state index in [0.29, 0.717) is 0 Å². The van der Waals surface area contributed by atoms with E-state index in [4.69, 9.17) is 0 Å². The van der Waals surface area contributed by atoms with Gasteiger partial charge in [0.1, 0.15) is 0 Å². The molecule has 2 fully saturated rings. The van der Waals surface area contributed by atoms with E-state index in [2.05, 4.69) is 0 Å². The number of carbonyl (C=O) groups is 2. The summed E-state index contributed by atoms with van der Waals surface area (Å²) in [7, 11) is 1.60. The maximum Gasteiger partial charge on any atom is 0.234 e. The van der Waals surface area contributed by atoms with Crippen molar-refractivity contribution in [2.45, 2.75) is 26.2 Å². The smallest absolute Gasteiger partial charge is 0.234 e. The third-order valence-corrected chi connectivity index (χ3v) is 3.24. The van der Waals surface area contributed by atoms with Crippen molar-refractivity contribution in [3.8, 4) is 0 Å². The number of rotatable bonds is 0. The predicted molar refractivity (Wildman–Crippen MR) is 43.2 cm³/mol. The van der Waals surface area contributed by atoms with Crippen LogP contribution in [0.15, 0.2) is 0 Å². The van der Waals surface area contributed by atoms with Crippen molar-refractivity contribution < 1.29 is 9.59 Å². The Hall–Kier alpha value is -0.860. The van der Waals surface area contributed by atoms with Crippen LogP contribution in [0.5, 0.6) is 0 Å². The highest BCUT2D eigenvalue weighted by molar-refractivity contribution is 6.02. The molecule has 2 aliphatic rings. The fourth-order valence-electron chi connectivity index (χ4n) is 2.42. The Bertz CT molecular complexity index is 261. The van der Waals surface area contributed by atoms with Gasteiger partial charge in [-0.1, -0.05) is 6.92 Å². The summed E-state index contributed by atoms with van der Waals surface area (Å²) >= 11 is 0. The highest BCUT2D eigenvalue weighted by atomic mass is 16.2. The number of hydrogen-bond acceptors (Lipinski definition) is 2. The zero-order chi connectivity index (χ0) is 8.93. The fourth-order valence-corrected chi connectivity index (χ4v) is 2.42. The van der Waals surface area contributed by atoms with Crippen molar-refractivity contribution in [2.75, 3.05) is 7.05 Å². The Morgan fingerprint density at radius 1 is 1.50 bits per heavy atom. The van der Waals surface area contributed by atoms with E-state index in [1.165, 1.54) is 4.90 Å². The van der Waals surface area contributed by atoms with Crippen molar-refractivity contribution in [3.63, 3.8) is 0 Å². The lowest BCUT2D eigenvalue weighted by Crippen LogP contribution is -2.48. The van der Waals surface area contributed by atoms with E-state index in [0.717, 1.165) is 19.3 Å². The van der Waals surface area contributed by atoms with Crippen LogP contribution in [-0.4, -0.2) is 23.8 Å². The van der Waals surface area contributed by atoms with Gasteiger partial charge >= 0.3 is 0 Å². The number of carbonyl (C=O) groups excluding carboxylic acids is 2. The minimum absolute atomic E-state index is 0.0150. The molecule has 0 unspecified atom stereocenters. The number of likely N-dealkylation sites (tertiary alicyclic amines) is 1. The topological polar surface area (TPSA) is 37.4 Å². The molecule has 1 saturated heterocycles. The van der Waals surface area contributed by atoms with Gasteiger partial charge in [0.15, 0.2) is 0 Å². The summed E-state index contributed by atoms with van der Waals surface area (Å²) in [5.74, 6) is 0.161. The molecular weight excluding hydrogens is 154 g/mol. The van der Waals surface area contributed by atoms with Crippen molar-refractivity contribution in [3.05, 3.63) is 0 Å². The standard InChI is InChI=1S/C9H13NO2/c1-9-4-3-6(5-9)7(11)10(2)8(9)12/h6H,3-5H2,1-2H3/t6-,9+/m1/s1. The molecule has 2 atom stereocenters. The molecule has 0 aromatic carbocycles. The van der Waals surface area contributed by atoms with Crippen LogP contribution in [-0.2, 0) is 9.59 Å². The summed E-state index contributed by atoms with van der Waals surface area (Å²) in [4.78, 5) is 24.4. The van der Waals surface area contributed by atoms with Gasteiger partial charge in [-0.05, 0) is 19.3 Å². The highest BCUT2D eigenvalue weighted by Gasteiger charge is 2.51. The second-order valence-electron chi connectivity index (χ2n) is 4.20. The van der Waals surface area contributed by atoms with E-state index in [1.54, 1.807) is 7.05 Å². The average molecular weight is 167 g/mol. The molecule has 1 heterocycles. The third kappa shape index (κ3) is 0.765. The lowest BCUT2D eigenvalue weighted by molar-refractivity contribution is -0.155. The summed E-state index contributed by atoms with van der Waals surface area (Å²) in [6.07, 6.45) is 2.55. The second kappa shape index (κ2) is 2.09. The highest BCUT2D eigenvalue weighted by Crippen LogP contribution is 2.46. The van der Waals surface area contributed by atoms with Crippen LogP contribution < -0.4 is 0 Å². The molecule has 0 aromatic heterocycles. The Labute approximate surface area is 71.7 Å². The van der Waals surface area contributed by atoms with Gasteiger partial charge in [-0.3, -0.25) is 14.5 Å². The molecule has 66 valence electrons. The zero-order valence-corrected chi connectivity index (χ0v) is 7.46. The normalized spacial score (nSPS) is 40.8. The average Bonchev–Trinajstić information content (AvgIpc) is 2.41. The molecule has 3 heteroatoms. The molecule has 0 aromatic rings. The SMILES string of the molecule is CN1C(=O)[C@@H]2CC[C@@](C)(C2)C1=O. The molecular formula is C9H13NO2. The van der Waals surface area contributed by atoms with E-state index in [9.17, 15) is 9.59 Å². The summed E-state index contributed by atoms with van der Waals surface area (Å²) in [5, 5.41) is 0. The van der Waals surface area contributed by atoms with Crippen LogP contribution >= 0.6 is 0 Å². The van der Waals surface area contributed by atoms with Gasteiger partial charge in [-0.2, -0.15) is 0 Å². The van der Waals surface area contributed by atoms with Crippen molar-refractivity contribution in [1.29, 1.82) is 0 Å². The van der Waals surface area contributed by atoms with Gasteiger partial charge in [-0.15, -0.1) is 0 Å². The number of piperidine rings is 1. The number of amides is 2. The van der Waals surface area contributed by atoms with Crippen molar-refractivity contribution in [1.82, 2.24) is 4.90 Å². The minimum Gasteiger partial charge on any atom is -0.285 e. The summed E-state index contributed by atoms with van der Waals surface area (Å²) in [5.41, 5.74) is -0.229. The molecule has 12 heavy (non-hydrogen) atoms. The first kappa shape index (κ1) is 7.77. The quantitative estimate of drug-likeness (QED) is 0.500. The number of fused-ring (bicyclic) bond motifs is 2. The van der Waals surface area contributed by atoms with Crippen LogP contribution in [0, 0.1) is 11.3 Å². The van der Waals surface area contributed by atoms with Gasteiger partial charge in [0.25, 0.3) is 0 Å². The maximum absolute atomic E-state index is 11.6. The largest absolute Gasteiger partial charge is 0.285 e. The Morgan fingerprint density at radius 2 is 2.17 bits per heavy atom.